The number of aliphatic hydroxyl groups excluding tert-OH is 2. The van der Waals surface area contributed by atoms with Crippen molar-refractivity contribution in [3.63, 3.8) is 0 Å². The summed E-state index contributed by atoms with van der Waals surface area (Å²) in [6.45, 7) is 1.39. The van der Waals surface area contributed by atoms with E-state index in [1.807, 2.05) is 0 Å². The molecular formula is C12H12F4O5. The zero-order valence-electron chi connectivity index (χ0n) is 10.7. The van der Waals surface area contributed by atoms with Crippen LogP contribution >= 0.6 is 0 Å². The van der Waals surface area contributed by atoms with Crippen molar-refractivity contribution in [1.82, 2.24) is 0 Å². The molecule has 1 aromatic carbocycles. The van der Waals surface area contributed by atoms with Crippen molar-refractivity contribution in [1.29, 1.82) is 0 Å². The standard InChI is InChI=1S/C12H12F4O5/c1-2-20-11(19)10(18)9(17)7-4-3-6(5-8(7)13)21-12(14,15)16/h3-5,9-10,17-18H,2H2,1H3. The number of esters is 1. The topological polar surface area (TPSA) is 76.0 Å². The fourth-order valence-electron chi connectivity index (χ4n) is 1.47. The van der Waals surface area contributed by atoms with Crippen LogP contribution in [0.2, 0.25) is 0 Å². The van der Waals surface area contributed by atoms with Gasteiger partial charge in [-0.1, -0.05) is 0 Å². The van der Waals surface area contributed by atoms with E-state index in [1.54, 1.807) is 0 Å². The maximum absolute atomic E-state index is 13.6. The molecule has 0 heterocycles. The zero-order valence-corrected chi connectivity index (χ0v) is 10.7. The van der Waals surface area contributed by atoms with E-state index in [-0.39, 0.29) is 6.61 Å². The van der Waals surface area contributed by atoms with Gasteiger partial charge in [-0.15, -0.1) is 13.2 Å². The Morgan fingerprint density at radius 3 is 2.43 bits per heavy atom. The summed E-state index contributed by atoms with van der Waals surface area (Å²) in [5, 5.41) is 19.1. The van der Waals surface area contributed by atoms with Crippen molar-refractivity contribution in [2.24, 2.45) is 0 Å². The van der Waals surface area contributed by atoms with Gasteiger partial charge in [0.15, 0.2) is 6.10 Å². The molecular weight excluding hydrogens is 300 g/mol. The van der Waals surface area contributed by atoms with Crippen LogP contribution in [-0.4, -0.2) is 35.3 Å². The molecule has 0 fully saturated rings. The predicted octanol–water partition coefficient (Wildman–Crippen LogP) is 1.68. The first-order valence-electron chi connectivity index (χ1n) is 5.73. The molecule has 2 atom stereocenters. The minimum atomic E-state index is -4.99. The van der Waals surface area contributed by atoms with Crippen molar-refractivity contribution in [2.75, 3.05) is 6.61 Å². The lowest BCUT2D eigenvalue weighted by atomic mass is 10.0. The number of hydrogen-bond donors (Lipinski definition) is 2. The summed E-state index contributed by atoms with van der Waals surface area (Å²) in [6, 6.07) is 1.89. The fraction of sp³-hybridized carbons (Fsp3) is 0.417. The zero-order chi connectivity index (χ0) is 16.2. The Labute approximate surface area is 116 Å². The number of aliphatic hydroxyl groups is 2. The van der Waals surface area contributed by atoms with Crippen LogP contribution in [0.1, 0.15) is 18.6 Å². The Morgan fingerprint density at radius 2 is 1.95 bits per heavy atom. The van der Waals surface area contributed by atoms with E-state index < -0.39 is 41.7 Å². The molecule has 9 heteroatoms. The summed E-state index contributed by atoms with van der Waals surface area (Å²) in [7, 11) is 0. The molecule has 21 heavy (non-hydrogen) atoms. The van der Waals surface area contributed by atoms with Crippen LogP contribution in [0.25, 0.3) is 0 Å². The van der Waals surface area contributed by atoms with Crippen molar-refractivity contribution >= 4 is 5.97 Å². The fourth-order valence-corrected chi connectivity index (χ4v) is 1.47. The second-order valence-electron chi connectivity index (χ2n) is 3.87. The van der Waals surface area contributed by atoms with E-state index in [9.17, 15) is 32.6 Å². The van der Waals surface area contributed by atoms with E-state index in [2.05, 4.69) is 9.47 Å². The van der Waals surface area contributed by atoms with Gasteiger partial charge in [-0.2, -0.15) is 0 Å². The van der Waals surface area contributed by atoms with Gasteiger partial charge in [-0.25, -0.2) is 9.18 Å². The van der Waals surface area contributed by atoms with Gasteiger partial charge in [-0.3, -0.25) is 0 Å². The van der Waals surface area contributed by atoms with Gasteiger partial charge in [0.1, 0.15) is 17.7 Å². The van der Waals surface area contributed by atoms with Crippen molar-refractivity contribution in [2.45, 2.75) is 25.5 Å². The molecule has 0 saturated carbocycles. The van der Waals surface area contributed by atoms with E-state index in [4.69, 9.17) is 0 Å². The first kappa shape index (κ1) is 17.2. The van der Waals surface area contributed by atoms with E-state index in [0.29, 0.717) is 6.07 Å². The highest BCUT2D eigenvalue weighted by Gasteiger charge is 2.33. The lowest BCUT2D eigenvalue weighted by Crippen LogP contribution is -2.30. The van der Waals surface area contributed by atoms with Gasteiger partial charge in [0.2, 0.25) is 0 Å². The first-order valence-corrected chi connectivity index (χ1v) is 5.73. The van der Waals surface area contributed by atoms with Crippen LogP contribution in [0.5, 0.6) is 5.75 Å². The van der Waals surface area contributed by atoms with Gasteiger partial charge >= 0.3 is 12.3 Å². The number of carbonyl (C=O) groups excluding carboxylic acids is 1. The Kier molecular flexibility index (Phi) is 5.50. The van der Waals surface area contributed by atoms with Gasteiger partial charge in [0.05, 0.1) is 6.61 Å². The Balaban J connectivity index is 2.91. The molecule has 5 nitrogen and oxygen atoms in total. The van der Waals surface area contributed by atoms with Gasteiger partial charge in [0, 0.05) is 11.6 Å². The lowest BCUT2D eigenvalue weighted by Gasteiger charge is -2.18. The lowest BCUT2D eigenvalue weighted by molar-refractivity contribution is -0.274. The first-order chi connectivity index (χ1) is 9.65. The molecule has 0 amide bonds. The van der Waals surface area contributed by atoms with Crippen molar-refractivity contribution in [3.05, 3.63) is 29.6 Å². The molecule has 0 radical (unpaired) electrons. The Hall–Kier alpha value is -1.87. The maximum Gasteiger partial charge on any atom is 0.573 e. The molecule has 1 aromatic rings. The highest BCUT2D eigenvalue weighted by Crippen LogP contribution is 2.28. The van der Waals surface area contributed by atoms with Gasteiger partial charge < -0.3 is 19.7 Å². The van der Waals surface area contributed by atoms with Crippen LogP contribution in [-0.2, 0) is 9.53 Å². The molecule has 2 unspecified atom stereocenters. The molecule has 118 valence electrons. The Morgan fingerprint density at radius 1 is 1.33 bits per heavy atom. The summed E-state index contributed by atoms with van der Waals surface area (Å²) in [4.78, 5) is 11.2. The number of hydrogen-bond acceptors (Lipinski definition) is 5. The highest BCUT2D eigenvalue weighted by molar-refractivity contribution is 5.75. The average Bonchev–Trinajstić information content (AvgIpc) is 2.35. The summed E-state index contributed by atoms with van der Waals surface area (Å²) < 4.78 is 57.4. The van der Waals surface area contributed by atoms with Crippen LogP contribution in [0, 0.1) is 5.82 Å². The number of halogens is 4. The molecule has 1 rings (SSSR count). The molecule has 0 spiro atoms. The molecule has 0 aliphatic rings. The molecule has 0 aliphatic heterocycles. The number of rotatable bonds is 5. The predicted molar refractivity (Wildman–Crippen MR) is 60.7 cm³/mol. The normalized spacial score (nSPS) is 14.4. The SMILES string of the molecule is CCOC(=O)C(O)C(O)c1ccc(OC(F)(F)F)cc1F. The number of ether oxygens (including phenoxy) is 2. The maximum atomic E-state index is 13.6. The molecule has 0 aliphatic carbocycles. The van der Waals surface area contributed by atoms with Crippen LogP contribution in [0.3, 0.4) is 0 Å². The third-order valence-electron chi connectivity index (χ3n) is 2.35. The second kappa shape index (κ2) is 6.72. The van der Waals surface area contributed by atoms with Crippen LogP contribution < -0.4 is 4.74 Å². The smallest absolute Gasteiger partial charge is 0.464 e. The summed E-state index contributed by atoms with van der Waals surface area (Å²) in [5.74, 6) is -3.28. The van der Waals surface area contributed by atoms with Crippen LogP contribution in [0.15, 0.2) is 18.2 Å². The summed E-state index contributed by atoms with van der Waals surface area (Å²) >= 11 is 0. The number of carbonyl (C=O) groups is 1. The largest absolute Gasteiger partial charge is 0.573 e. The molecule has 2 N–H and O–H groups in total. The molecule has 0 saturated heterocycles. The van der Waals surface area contributed by atoms with E-state index in [0.717, 1.165) is 12.1 Å². The number of alkyl halides is 3. The van der Waals surface area contributed by atoms with Gasteiger partial charge in [0.25, 0.3) is 0 Å². The summed E-state index contributed by atoms with van der Waals surface area (Å²) in [5.41, 5.74) is -0.565. The minimum absolute atomic E-state index is 0.0660. The Bertz CT molecular complexity index is 503. The van der Waals surface area contributed by atoms with Crippen LogP contribution in [0.4, 0.5) is 17.6 Å². The van der Waals surface area contributed by atoms with Gasteiger partial charge in [-0.05, 0) is 19.1 Å². The molecule has 0 aromatic heterocycles. The van der Waals surface area contributed by atoms with E-state index in [1.165, 1.54) is 6.92 Å². The summed E-state index contributed by atoms with van der Waals surface area (Å²) in [6.07, 6.45) is -9.03. The third-order valence-corrected chi connectivity index (χ3v) is 2.35. The monoisotopic (exact) mass is 312 g/mol. The minimum Gasteiger partial charge on any atom is -0.464 e. The highest BCUT2D eigenvalue weighted by atomic mass is 19.4. The van der Waals surface area contributed by atoms with E-state index >= 15 is 0 Å². The van der Waals surface area contributed by atoms with Crippen molar-refractivity contribution in [3.8, 4) is 5.75 Å². The third kappa shape index (κ3) is 4.87. The average molecular weight is 312 g/mol. The molecule has 0 bridgehead atoms. The van der Waals surface area contributed by atoms with Crippen molar-refractivity contribution < 1.29 is 42.0 Å². The second-order valence-corrected chi connectivity index (χ2v) is 3.87. The number of benzene rings is 1. The quantitative estimate of drug-likeness (QED) is 0.639.